The Balaban J connectivity index is 1.39. The van der Waals surface area contributed by atoms with Gasteiger partial charge in [-0.3, -0.25) is 14.7 Å². The molecule has 1 aliphatic rings. The molecule has 0 spiro atoms. The highest BCUT2D eigenvalue weighted by molar-refractivity contribution is 5.76. The Bertz CT molecular complexity index is 676. The van der Waals surface area contributed by atoms with Crippen LogP contribution in [0.25, 0.3) is 0 Å². The van der Waals surface area contributed by atoms with Gasteiger partial charge >= 0.3 is 0 Å². The second-order valence-electron chi connectivity index (χ2n) is 7.41. The molecule has 1 aromatic heterocycles. The molecule has 0 aliphatic carbocycles. The number of rotatable bonds is 7. The molecule has 2 heterocycles. The molecule has 0 bridgehead atoms. The van der Waals surface area contributed by atoms with Gasteiger partial charge in [-0.05, 0) is 67.1 Å². The van der Waals surface area contributed by atoms with Gasteiger partial charge in [-0.1, -0.05) is 31.2 Å². The van der Waals surface area contributed by atoms with Crippen LogP contribution in [0.3, 0.4) is 0 Å². The molecule has 3 rings (SSSR count). The first kappa shape index (κ1) is 18.6. The number of piperidine rings is 1. The fourth-order valence-electron chi connectivity index (χ4n) is 3.34. The van der Waals surface area contributed by atoms with Crippen molar-refractivity contribution in [1.29, 1.82) is 0 Å². The third-order valence-electron chi connectivity index (χ3n) is 5.19. The van der Waals surface area contributed by atoms with Gasteiger partial charge in [0.25, 0.3) is 0 Å². The number of amides is 1. The zero-order valence-electron chi connectivity index (χ0n) is 15.7. The van der Waals surface area contributed by atoms with Crippen LogP contribution in [0.2, 0.25) is 0 Å². The Morgan fingerprint density at radius 1 is 1.04 bits per heavy atom. The van der Waals surface area contributed by atoms with Crippen molar-refractivity contribution in [1.82, 2.24) is 15.2 Å². The number of nitrogens with zero attached hydrogens (tertiary/aromatic N) is 2. The number of carbonyl (C=O) groups excluding carboxylic acids is 1. The zero-order chi connectivity index (χ0) is 18.2. The Labute approximate surface area is 156 Å². The molecule has 138 valence electrons. The van der Waals surface area contributed by atoms with Crippen molar-refractivity contribution >= 4 is 5.91 Å². The number of carbonyl (C=O) groups is 1. The van der Waals surface area contributed by atoms with Gasteiger partial charge in [0, 0.05) is 31.9 Å². The van der Waals surface area contributed by atoms with E-state index in [0.29, 0.717) is 13.0 Å². The van der Waals surface area contributed by atoms with Crippen molar-refractivity contribution in [3.05, 3.63) is 65.5 Å². The first-order chi connectivity index (χ1) is 12.7. The molecular formula is C22H29N3O. The van der Waals surface area contributed by atoms with Gasteiger partial charge in [0.05, 0.1) is 0 Å². The maximum Gasteiger partial charge on any atom is 0.220 e. The van der Waals surface area contributed by atoms with Crippen molar-refractivity contribution in [3.63, 3.8) is 0 Å². The number of likely N-dealkylation sites (tertiary alicyclic amines) is 1. The van der Waals surface area contributed by atoms with E-state index < -0.39 is 0 Å². The smallest absolute Gasteiger partial charge is 0.220 e. The van der Waals surface area contributed by atoms with E-state index in [1.165, 1.54) is 31.5 Å². The number of aromatic nitrogens is 1. The maximum absolute atomic E-state index is 12.0. The van der Waals surface area contributed by atoms with Crippen LogP contribution in [0.15, 0.2) is 48.8 Å². The van der Waals surface area contributed by atoms with E-state index in [1.54, 1.807) is 12.4 Å². The summed E-state index contributed by atoms with van der Waals surface area (Å²) >= 11 is 0. The Morgan fingerprint density at radius 2 is 1.69 bits per heavy atom. The number of nitrogens with one attached hydrogen (secondary N) is 1. The summed E-state index contributed by atoms with van der Waals surface area (Å²) in [6.45, 7) is 6.38. The van der Waals surface area contributed by atoms with Crippen molar-refractivity contribution in [2.75, 3.05) is 13.1 Å². The summed E-state index contributed by atoms with van der Waals surface area (Å²) < 4.78 is 0. The molecule has 1 amide bonds. The van der Waals surface area contributed by atoms with E-state index >= 15 is 0 Å². The Hall–Kier alpha value is -2.20. The predicted octanol–water partition coefficient (Wildman–Crippen LogP) is 3.56. The molecular weight excluding hydrogens is 322 g/mol. The summed E-state index contributed by atoms with van der Waals surface area (Å²) in [6, 6.07) is 12.5. The molecule has 4 heteroatoms. The molecule has 0 unspecified atom stereocenters. The number of hydrogen-bond donors (Lipinski definition) is 1. The van der Waals surface area contributed by atoms with Gasteiger partial charge in [0.2, 0.25) is 5.91 Å². The van der Waals surface area contributed by atoms with Gasteiger partial charge in [-0.15, -0.1) is 0 Å². The summed E-state index contributed by atoms with van der Waals surface area (Å²) in [7, 11) is 0. The van der Waals surface area contributed by atoms with E-state index in [4.69, 9.17) is 0 Å². The standard InChI is InChI=1S/C22H29N3O/c1-18-10-14-25(15-11-18)17-21-4-2-20(3-5-21)16-24-22(26)7-6-19-8-12-23-13-9-19/h2-5,8-9,12-13,18H,6-7,10-11,14-17H2,1H3,(H,24,26). The van der Waals surface area contributed by atoms with Crippen LogP contribution in [0.4, 0.5) is 0 Å². The topological polar surface area (TPSA) is 45.2 Å². The molecule has 2 aromatic rings. The van der Waals surface area contributed by atoms with E-state index in [0.717, 1.165) is 30.0 Å². The zero-order valence-corrected chi connectivity index (χ0v) is 15.7. The van der Waals surface area contributed by atoms with Crippen LogP contribution >= 0.6 is 0 Å². The molecule has 26 heavy (non-hydrogen) atoms. The Morgan fingerprint density at radius 3 is 2.38 bits per heavy atom. The quantitative estimate of drug-likeness (QED) is 0.829. The highest BCUT2D eigenvalue weighted by Gasteiger charge is 2.15. The molecule has 0 saturated carbocycles. The minimum atomic E-state index is 0.0910. The molecule has 0 radical (unpaired) electrons. The van der Waals surface area contributed by atoms with Gasteiger partial charge < -0.3 is 5.32 Å². The van der Waals surface area contributed by atoms with E-state index in [2.05, 4.69) is 46.4 Å². The number of benzene rings is 1. The van der Waals surface area contributed by atoms with Gasteiger partial charge in [-0.2, -0.15) is 0 Å². The fraction of sp³-hybridized carbons (Fsp3) is 0.455. The second kappa shape index (κ2) is 9.48. The maximum atomic E-state index is 12.0. The highest BCUT2D eigenvalue weighted by Crippen LogP contribution is 2.18. The SMILES string of the molecule is CC1CCN(Cc2ccc(CNC(=O)CCc3ccncc3)cc2)CC1. The van der Waals surface area contributed by atoms with Crippen molar-refractivity contribution in [2.45, 2.75) is 45.7 Å². The lowest BCUT2D eigenvalue weighted by molar-refractivity contribution is -0.121. The first-order valence-electron chi connectivity index (χ1n) is 9.65. The third-order valence-corrected chi connectivity index (χ3v) is 5.19. The minimum Gasteiger partial charge on any atom is -0.352 e. The van der Waals surface area contributed by atoms with E-state index in [-0.39, 0.29) is 5.91 Å². The summed E-state index contributed by atoms with van der Waals surface area (Å²) in [5.74, 6) is 0.962. The lowest BCUT2D eigenvalue weighted by Gasteiger charge is -2.30. The van der Waals surface area contributed by atoms with Crippen LogP contribution < -0.4 is 5.32 Å². The third kappa shape index (κ3) is 5.95. The summed E-state index contributed by atoms with van der Waals surface area (Å²) in [6.07, 6.45) is 7.41. The molecule has 1 saturated heterocycles. The lowest BCUT2D eigenvalue weighted by atomic mass is 9.99. The number of pyridine rings is 1. The molecule has 4 nitrogen and oxygen atoms in total. The predicted molar refractivity (Wildman–Crippen MR) is 105 cm³/mol. The highest BCUT2D eigenvalue weighted by atomic mass is 16.1. The molecule has 1 N–H and O–H groups in total. The second-order valence-corrected chi connectivity index (χ2v) is 7.41. The molecule has 1 aromatic carbocycles. The van der Waals surface area contributed by atoms with Gasteiger partial charge in [0.1, 0.15) is 0 Å². The normalized spacial score (nSPS) is 15.7. The van der Waals surface area contributed by atoms with Crippen molar-refractivity contribution in [2.24, 2.45) is 5.92 Å². The van der Waals surface area contributed by atoms with Crippen LogP contribution in [-0.4, -0.2) is 28.9 Å². The molecule has 1 aliphatic heterocycles. The van der Waals surface area contributed by atoms with Crippen LogP contribution in [0.1, 0.15) is 42.9 Å². The van der Waals surface area contributed by atoms with Gasteiger partial charge in [-0.25, -0.2) is 0 Å². The number of hydrogen-bond acceptors (Lipinski definition) is 3. The van der Waals surface area contributed by atoms with Crippen LogP contribution in [-0.2, 0) is 24.3 Å². The van der Waals surface area contributed by atoms with Crippen LogP contribution in [0.5, 0.6) is 0 Å². The Kier molecular flexibility index (Phi) is 6.78. The van der Waals surface area contributed by atoms with Crippen LogP contribution in [0, 0.1) is 5.92 Å². The minimum absolute atomic E-state index is 0.0910. The fourth-order valence-corrected chi connectivity index (χ4v) is 3.34. The number of aryl methyl sites for hydroxylation is 1. The van der Waals surface area contributed by atoms with E-state index in [1.807, 2.05) is 12.1 Å². The first-order valence-corrected chi connectivity index (χ1v) is 9.65. The lowest BCUT2D eigenvalue weighted by Crippen LogP contribution is -2.32. The summed E-state index contributed by atoms with van der Waals surface area (Å²) in [4.78, 5) is 18.5. The molecule has 0 atom stereocenters. The summed E-state index contributed by atoms with van der Waals surface area (Å²) in [5, 5.41) is 3.01. The van der Waals surface area contributed by atoms with Crippen molar-refractivity contribution in [3.8, 4) is 0 Å². The van der Waals surface area contributed by atoms with Crippen molar-refractivity contribution < 1.29 is 4.79 Å². The van der Waals surface area contributed by atoms with E-state index in [9.17, 15) is 4.79 Å². The molecule has 1 fully saturated rings. The largest absolute Gasteiger partial charge is 0.352 e. The average Bonchev–Trinajstić information content (AvgIpc) is 2.68. The van der Waals surface area contributed by atoms with Gasteiger partial charge in [0.15, 0.2) is 0 Å². The monoisotopic (exact) mass is 351 g/mol. The summed E-state index contributed by atoms with van der Waals surface area (Å²) in [5.41, 5.74) is 3.65. The average molecular weight is 351 g/mol.